The number of carbonyl (C=O) groups is 2. The number of phosphoric ester groups is 1. The first-order valence-electron chi connectivity index (χ1n) is 5.38. The van der Waals surface area contributed by atoms with E-state index in [1.807, 2.05) is 0 Å². The van der Waals surface area contributed by atoms with Gasteiger partial charge in [-0.25, -0.2) is 0 Å². The van der Waals surface area contributed by atoms with Crippen LogP contribution in [0.4, 0.5) is 0 Å². The smallest absolute Gasteiger partial charge is 0.135 e. The van der Waals surface area contributed by atoms with Crippen LogP contribution in [0.15, 0.2) is 24.0 Å². The molecule has 0 saturated carbocycles. The summed E-state index contributed by atoms with van der Waals surface area (Å²) in [5.41, 5.74) is -0.533. The van der Waals surface area contributed by atoms with Crippen LogP contribution in [-0.2, 0) is 23.4 Å². The minimum atomic E-state index is -5.53. The standard InChI is InChI=1S/C10H13O10P/c1-4(9(12)13)19-6-2-5(10(14)15)3-7(8(6)11)20-21(16,17)18/h3,6-8,11H,1-2H2,(H,12,13)(H,14,15)(H2,16,17,18)/p-4/t6-,7-,8+/m1/s1. The van der Waals surface area contributed by atoms with E-state index in [2.05, 4.69) is 15.8 Å². The van der Waals surface area contributed by atoms with Gasteiger partial charge in [-0.3, -0.25) is 0 Å². The summed E-state index contributed by atoms with van der Waals surface area (Å²) in [6, 6.07) is 0. The van der Waals surface area contributed by atoms with Gasteiger partial charge in [0.1, 0.15) is 30.0 Å². The topological polar surface area (TPSA) is 182 Å². The van der Waals surface area contributed by atoms with Gasteiger partial charge in [-0.1, -0.05) is 6.58 Å². The summed E-state index contributed by atoms with van der Waals surface area (Å²) < 4.78 is 19.2. The number of carboxylic acids is 2. The molecule has 0 aliphatic heterocycles. The number of aliphatic hydroxyl groups is 1. The molecular formula is C10H9O10P-4. The maximum atomic E-state index is 10.8. The second kappa shape index (κ2) is 6.37. The average molecular weight is 320 g/mol. The van der Waals surface area contributed by atoms with E-state index in [4.69, 9.17) is 0 Å². The zero-order valence-corrected chi connectivity index (χ0v) is 11.2. The van der Waals surface area contributed by atoms with Crippen LogP contribution in [0.25, 0.3) is 0 Å². The second-order valence-electron chi connectivity index (χ2n) is 4.06. The van der Waals surface area contributed by atoms with Gasteiger partial charge in [-0.2, -0.15) is 0 Å². The highest BCUT2D eigenvalue weighted by atomic mass is 31.2. The summed E-state index contributed by atoms with van der Waals surface area (Å²) >= 11 is 0. The van der Waals surface area contributed by atoms with E-state index in [-0.39, 0.29) is 0 Å². The van der Waals surface area contributed by atoms with E-state index < -0.39 is 55.8 Å². The van der Waals surface area contributed by atoms with Crippen molar-refractivity contribution in [3.63, 3.8) is 0 Å². The van der Waals surface area contributed by atoms with Crippen LogP contribution in [-0.4, -0.2) is 35.4 Å². The van der Waals surface area contributed by atoms with Gasteiger partial charge in [0.15, 0.2) is 0 Å². The fraction of sp³-hybridized carbons (Fsp3) is 0.400. The van der Waals surface area contributed by atoms with Crippen molar-refractivity contribution >= 4 is 19.8 Å². The summed E-state index contributed by atoms with van der Waals surface area (Å²) in [6.07, 6.45) is -5.04. The molecule has 0 amide bonds. The monoisotopic (exact) mass is 320 g/mol. The second-order valence-corrected chi connectivity index (χ2v) is 5.16. The van der Waals surface area contributed by atoms with Crippen molar-refractivity contribution in [2.75, 3.05) is 0 Å². The van der Waals surface area contributed by atoms with Gasteiger partial charge in [-0.05, 0) is 11.6 Å². The number of rotatable bonds is 6. The molecule has 0 radical (unpaired) electrons. The van der Waals surface area contributed by atoms with E-state index in [1.165, 1.54) is 0 Å². The van der Waals surface area contributed by atoms with Crippen LogP contribution >= 0.6 is 7.82 Å². The molecule has 0 fully saturated rings. The van der Waals surface area contributed by atoms with Crippen LogP contribution in [0.1, 0.15) is 6.42 Å². The molecule has 0 unspecified atom stereocenters. The number of carbonyl (C=O) groups excluding carboxylic acids is 2. The van der Waals surface area contributed by atoms with E-state index in [1.54, 1.807) is 0 Å². The van der Waals surface area contributed by atoms with Gasteiger partial charge in [0, 0.05) is 6.42 Å². The molecule has 0 aromatic carbocycles. The lowest BCUT2D eigenvalue weighted by atomic mass is 9.92. The lowest BCUT2D eigenvalue weighted by Gasteiger charge is -2.39. The van der Waals surface area contributed by atoms with Crippen molar-refractivity contribution in [3.05, 3.63) is 24.0 Å². The lowest BCUT2D eigenvalue weighted by Crippen LogP contribution is -2.46. The number of aliphatic carboxylic acids is 2. The molecule has 0 spiro atoms. The predicted octanol–water partition coefficient (Wildman–Crippen LogP) is -4.71. The van der Waals surface area contributed by atoms with Gasteiger partial charge in [-0.15, -0.1) is 0 Å². The van der Waals surface area contributed by atoms with Crippen LogP contribution in [0.5, 0.6) is 0 Å². The molecule has 0 aromatic heterocycles. The number of hydrogen-bond donors (Lipinski definition) is 1. The quantitative estimate of drug-likeness (QED) is 0.283. The number of ether oxygens (including phenoxy) is 1. The third-order valence-electron chi connectivity index (χ3n) is 2.54. The predicted molar refractivity (Wildman–Crippen MR) is 55.2 cm³/mol. The first kappa shape index (κ1) is 17.3. The summed E-state index contributed by atoms with van der Waals surface area (Å²) in [5, 5.41) is 31.0. The van der Waals surface area contributed by atoms with E-state index in [9.17, 15) is 39.3 Å². The fourth-order valence-corrected chi connectivity index (χ4v) is 2.13. The lowest BCUT2D eigenvalue weighted by molar-refractivity contribution is -0.346. The highest BCUT2D eigenvalue weighted by Gasteiger charge is 2.35. The van der Waals surface area contributed by atoms with Crippen LogP contribution in [0, 0.1) is 0 Å². The Morgan fingerprint density at radius 3 is 2.38 bits per heavy atom. The van der Waals surface area contributed by atoms with E-state index >= 15 is 0 Å². The number of carboxylic acid groups (broad SMARTS) is 2. The third-order valence-corrected chi connectivity index (χ3v) is 3.04. The normalized spacial score (nSPS) is 25.9. The van der Waals surface area contributed by atoms with Gasteiger partial charge >= 0.3 is 0 Å². The summed E-state index contributed by atoms with van der Waals surface area (Å²) in [4.78, 5) is 42.3. The van der Waals surface area contributed by atoms with Gasteiger partial charge in [0.25, 0.3) is 0 Å². The largest absolute Gasteiger partial charge is 0.790 e. The van der Waals surface area contributed by atoms with Crippen LogP contribution in [0.2, 0.25) is 0 Å². The minimum absolute atomic E-state index is 0.516. The summed E-state index contributed by atoms with van der Waals surface area (Å²) in [6.45, 7) is 2.96. The van der Waals surface area contributed by atoms with Crippen molar-refractivity contribution in [2.45, 2.75) is 24.7 Å². The van der Waals surface area contributed by atoms with E-state index in [0.29, 0.717) is 6.08 Å². The van der Waals surface area contributed by atoms with Crippen molar-refractivity contribution in [1.82, 2.24) is 0 Å². The fourth-order valence-electron chi connectivity index (χ4n) is 1.65. The molecule has 10 nitrogen and oxygen atoms in total. The minimum Gasteiger partial charge on any atom is -0.790 e. The zero-order valence-electron chi connectivity index (χ0n) is 10.3. The molecule has 0 saturated heterocycles. The number of aliphatic hydroxyl groups excluding tert-OH is 1. The van der Waals surface area contributed by atoms with Gasteiger partial charge < -0.3 is 48.5 Å². The molecule has 1 rings (SSSR count). The Kier molecular flexibility index (Phi) is 5.26. The number of phosphoric acid groups is 1. The highest BCUT2D eigenvalue weighted by Crippen LogP contribution is 2.34. The number of hydrogen-bond acceptors (Lipinski definition) is 10. The van der Waals surface area contributed by atoms with Crippen molar-refractivity contribution in [2.24, 2.45) is 0 Å². The van der Waals surface area contributed by atoms with Crippen molar-refractivity contribution < 1.29 is 48.5 Å². The SMILES string of the molecule is C=C(O[C@@H]1CC(C(=O)[O-])=C[C@@H](OP(=O)([O-])[O-])[C@H]1O)C(=O)[O-]. The Morgan fingerprint density at radius 1 is 1.38 bits per heavy atom. The Bertz CT molecular complexity index is 532. The van der Waals surface area contributed by atoms with E-state index in [0.717, 1.165) is 0 Å². The first-order valence-corrected chi connectivity index (χ1v) is 6.85. The molecule has 0 heterocycles. The maximum Gasteiger partial charge on any atom is 0.135 e. The van der Waals surface area contributed by atoms with Crippen LogP contribution in [0.3, 0.4) is 0 Å². The molecule has 21 heavy (non-hydrogen) atoms. The highest BCUT2D eigenvalue weighted by molar-refractivity contribution is 7.43. The molecule has 1 N–H and O–H groups in total. The molecule has 0 aromatic rings. The van der Waals surface area contributed by atoms with Crippen LogP contribution < -0.4 is 20.0 Å². The molecule has 0 bridgehead atoms. The molecule has 1 aliphatic rings. The molecular weight excluding hydrogens is 311 g/mol. The van der Waals surface area contributed by atoms with Crippen molar-refractivity contribution in [3.8, 4) is 0 Å². The Balaban J connectivity index is 3.00. The molecule has 1 aliphatic carbocycles. The summed E-state index contributed by atoms with van der Waals surface area (Å²) in [5.74, 6) is -4.46. The Labute approximate surface area is 118 Å². The Morgan fingerprint density at radius 2 is 1.95 bits per heavy atom. The Hall–Kier alpha value is -1.71. The van der Waals surface area contributed by atoms with Crippen molar-refractivity contribution in [1.29, 1.82) is 0 Å². The first-order chi connectivity index (χ1) is 9.51. The third kappa shape index (κ3) is 4.96. The van der Waals surface area contributed by atoms with Gasteiger partial charge in [0.05, 0.1) is 13.8 Å². The average Bonchev–Trinajstić information content (AvgIpc) is 2.31. The summed E-state index contributed by atoms with van der Waals surface area (Å²) in [7, 11) is -5.53. The molecule has 3 atom stereocenters. The molecule has 11 heteroatoms. The molecule has 118 valence electrons. The maximum absolute atomic E-state index is 10.8. The van der Waals surface area contributed by atoms with Gasteiger partial charge in [0.2, 0.25) is 0 Å². The zero-order chi connectivity index (χ0) is 16.4.